The van der Waals surface area contributed by atoms with E-state index < -0.39 is 6.10 Å². The fourth-order valence-electron chi connectivity index (χ4n) is 8.15. The maximum absolute atomic E-state index is 12.8. The standard InChI is InChI=1S/C64H110O6/c1-4-7-10-13-16-19-22-25-28-31-32-34-36-39-42-45-48-51-54-57-63(66)69-60-61(59-68-62(65)56-53-50-47-44-41-38-35-30-27-24-21-18-15-12-9-6-3)70-64(67)58-55-52-49-46-43-40-37-33-29-26-23-20-17-14-11-8-5-2/h16,19,22,25-26,29-30,35,37-38,40-41,46,49,61H,4-15,17-18,20-21,23-24,27-28,31-34,36,39,42-45,47-48,50-60H2,1-3H3/b19-16-,25-22-,29-26-,35-30-,40-37-,41-38-,49-46-. The summed E-state index contributed by atoms with van der Waals surface area (Å²) in [5.41, 5.74) is 0. The number of rotatable bonds is 53. The van der Waals surface area contributed by atoms with Crippen molar-refractivity contribution >= 4 is 17.9 Å². The number of ether oxygens (including phenoxy) is 3. The second-order valence-corrected chi connectivity index (χ2v) is 19.6. The summed E-state index contributed by atoms with van der Waals surface area (Å²) >= 11 is 0. The molecule has 0 saturated carbocycles. The molecule has 6 heteroatoms. The van der Waals surface area contributed by atoms with Crippen LogP contribution in [0.25, 0.3) is 0 Å². The zero-order valence-electron chi connectivity index (χ0n) is 46.0. The number of allylic oxidation sites excluding steroid dienone is 14. The molecule has 0 N–H and O–H groups in total. The van der Waals surface area contributed by atoms with Crippen LogP contribution in [0.4, 0.5) is 0 Å². The van der Waals surface area contributed by atoms with E-state index in [1.165, 1.54) is 167 Å². The van der Waals surface area contributed by atoms with Gasteiger partial charge in [0.2, 0.25) is 0 Å². The largest absolute Gasteiger partial charge is 0.462 e. The predicted octanol–water partition coefficient (Wildman–Crippen LogP) is 19.9. The smallest absolute Gasteiger partial charge is 0.306 e. The molecule has 402 valence electrons. The van der Waals surface area contributed by atoms with Crippen LogP contribution in [0.15, 0.2) is 85.1 Å². The Labute approximate surface area is 433 Å². The number of carbonyl (C=O) groups is 3. The van der Waals surface area contributed by atoms with Gasteiger partial charge in [0.1, 0.15) is 13.2 Å². The average molecular weight is 976 g/mol. The maximum Gasteiger partial charge on any atom is 0.306 e. The van der Waals surface area contributed by atoms with Gasteiger partial charge in [-0.25, -0.2) is 0 Å². The number of unbranched alkanes of at least 4 members (excludes halogenated alkanes) is 30. The van der Waals surface area contributed by atoms with Crippen LogP contribution in [0.3, 0.4) is 0 Å². The third-order valence-corrected chi connectivity index (χ3v) is 12.6. The summed E-state index contributed by atoms with van der Waals surface area (Å²) in [6.45, 7) is 6.55. The summed E-state index contributed by atoms with van der Waals surface area (Å²) in [4.78, 5) is 38.2. The van der Waals surface area contributed by atoms with E-state index in [0.717, 1.165) is 70.6 Å². The van der Waals surface area contributed by atoms with E-state index in [1.807, 2.05) is 0 Å². The monoisotopic (exact) mass is 975 g/mol. The van der Waals surface area contributed by atoms with Gasteiger partial charge in [-0.3, -0.25) is 14.4 Å². The fraction of sp³-hybridized carbons (Fsp3) is 0.734. The first-order chi connectivity index (χ1) is 34.5. The first kappa shape index (κ1) is 66.6. The minimum Gasteiger partial charge on any atom is -0.462 e. The van der Waals surface area contributed by atoms with Gasteiger partial charge in [-0.15, -0.1) is 0 Å². The van der Waals surface area contributed by atoms with E-state index in [0.29, 0.717) is 19.3 Å². The van der Waals surface area contributed by atoms with Crippen LogP contribution in [0, 0.1) is 0 Å². The molecule has 0 heterocycles. The molecule has 0 bridgehead atoms. The van der Waals surface area contributed by atoms with Crippen molar-refractivity contribution in [2.75, 3.05) is 13.2 Å². The van der Waals surface area contributed by atoms with Gasteiger partial charge in [0, 0.05) is 19.3 Å². The third kappa shape index (κ3) is 55.5. The fourth-order valence-corrected chi connectivity index (χ4v) is 8.15. The summed E-state index contributed by atoms with van der Waals surface area (Å²) in [5, 5.41) is 0. The molecule has 0 aromatic rings. The maximum atomic E-state index is 12.8. The number of hydrogen-bond donors (Lipinski definition) is 0. The van der Waals surface area contributed by atoms with Gasteiger partial charge in [0.05, 0.1) is 0 Å². The molecule has 0 aromatic carbocycles. The molecule has 0 spiro atoms. The van der Waals surface area contributed by atoms with Crippen molar-refractivity contribution in [3.05, 3.63) is 85.1 Å². The van der Waals surface area contributed by atoms with Crippen molar-refractivity contribution in [2.24, 2.45) is 0 Å². The summed E-state index contributed by atoms with van der Waals surface area (Å²) in [6.07, 6.45) is 75.8. The number of hydrogen-bond acceptors (Lipinski definition) is 6. The van der Waals surface area contributed by atoms with Gasteiger partial charge >= 0.3 is 17.9 Å². The zero-order valence-corrected chi connectivity index (χ0v) is 46.0. The summed E-state index contributed by atoms with van der Waals surface area (Å²) < 4.78 is 16.8. The lowest BCUT2D eigenvalue weighted by atomic mass is 10.1. The minimum absolute atomic E-state index is 0.107. The lowest BCUT2D eigenvalue weighted by molar-refractivity contribution is -0.167. The Morgan fingerprint density at radius 1 is 0.300 bits per heavy atom. The highest BCUT2D eigenvalue weighted by Crippen LogP contribution is 2.15. The Hall–Kier alpha value is -3.41. The first-order valence-electron chi connectivity index (χ1n) is 29.6. The van der Waals surface area contributed by atoms with Gasteiger partial charge in [0.15, 0.2) is 6.10 Å². The van der Waals surface area contributed by atoms with Crippen molar-refractivity contribution in [1.82, 2.24) is 0 Å². The average Bonchev–Trinajstić information content (AvgIpc) is 3.36. The van der Waals surface area contributed by atoms with Gasteiger partial charge in [-0.2, -0.15) is 0 Å². The van der Waals surface area contributed by atoms with Crippen molar-refractivity contribution < 1.29 is 28.6 Å². The number of esters is 3. The molecular formula is C64H110O6. The molecule has 6 nitrogen and oxygen atoms in total. The van der Waals surface area contributed by atoms with E-state index in [4.69, 9.17) is 14.2 Å². The second kappa shape index (κ2) is 58.2. The lowest BCUT2D eigenvalue weighted by Gasteiger charge is -2.18. The Kier molecular flexibility index (Phi) is 55.3. The molecule has 0 aliphatic heterocycles. The zero-order chi connectivity index (χ0) is 50.7. The summed E-state index contributed by atoms with van der Waals surface area (Å²) in [6, 6.07) is 0. The molecule has 0 fully saturated rings. The van der Waals surface area contributed by atoms with E-state index in [9.17, 15) is 14.4 Å². The Balaban J connectivity index is 4.49. The van der Waals surface area contributed by atoms with Crippen molar-refractivity contribution in [1.29, 1.82) is 0 Å². The van der Waals surface area contributed by atoms with Crippen molar-refractivity contribution in [3.8, 4) is 0 Å². The molecule has 0 rings (SSSR count). The lowest BCUT2D eigenvalue weighted by Crippen LogP contribution is -2.30. The molecule has 0 radical (unpaired) electrons. The van der Waals surface area contributed by atoms with Crippen LogP contribution < -0.4 is 0 Å². The highest BCUT2D eigenvalue weighted by Gasteiger charge is 2.19. The molecular weight excluding hydrogens is 865 g/mol. The molecule has 1 atom stereocenters. The van der Waals surface area contributed by atoms with E-state index >= 15 is 0 Å². The second-order valence-electron chi connectivity index (χ2n) is 19.6. The van der Waals surface area contributed by atoms with Gasteiger partial charge < -0.3 is 14.2 Å². The topological polar surface area (TPSA) is 78.9 Å². The molecule has 0 amide bonds. The van der Waals surface area contributed by atoms with Gasteiger partial charge in [-0.05, 0) is 103 Å². The van der Waals surface area contributed by atoms with Crippen LogP contribution in [0.5, 0.6) is 0 Å². The van der Waals surface area contributed by atoms with Crippen LogP contribution >= 0.6 is 0 Å². The van der Waals surface area contributed by atoms with Crippen LogP contribution in [-0.4, -0.2) is 37.2 Å². The Morgan fingerprint density at radius 3 is 0.971 bits per heavy atom. The highest BCUT2D eigenvalue weighted by molar-refractivity contribution is 5.71. The van der Waals surface area contributed by atoms with Crippen molar-refractivity contribution in [3.63, 3.8) is 0 Å². The van der Waals surface area contributed by atoms with Crippen molar-refractivity contribution in [2.45, 2.75) is 290 Å². The third-order valence-electron chi connectivity index (χ3n) is 12.6. The molecule has 0 saturated heterocycles. The van der Waals surface area contributed by atoms with Crippen LogP contribution in [-0.2, 0) is 28.6 Å². The summed E-state index contributed by atoms with van der Waals surface area (Å²) in [5.74, 6) is -0.984. The molecule has 0 aromatic heterocycles. The van der Waals surface area contributed by atoms with E-state index in [-0.39, 0.29) is 37.5 Å². The summed E-state index contributed by atoms with van der Waals surface area (Å²) in [7, 11) is 0. The van der Waals surface area contributed by atoms with Gasteiger partial charge in [-0.1, -0.05) is 247 Å². The Bertz CT molecular complexity index is 1350. The number of carbonyl (C=O) groups excluding carboxylic acids is 3. The molecule has 0 aliphatic carbocycles. The quantitative estimate of drug-likeness (QED) is 0.0199. The predicted molar refractivity (Wildman–Crippen MR) is 302 cm³/mol. The van der Waals surface area contributed by atoms with Crippen LogP contribution in [0.1, 0.15) is 284 Å². The Morgan fingerprint density at radius 2 is 0.571 bits per heavy atom. The molecule has 70 heavy (non-hydrogen) atoms. The highest BCUT2D eigenvalue weighted by atomic mass is 16.6. The van der Waals surface area contributed by atoms with Gasteiger partial charge in [0.25, 0.3) is 0 Å². The normalized spacial score (nSPS) is 12.7. The van der Waals surface area contributed by atoms with E-state index in [2.05, 4.69) is 106 Å². The SMILES string of the molecule is CCCCC/C=C\C=C/CCCCCCCCCCCCC(=O)OCC(COC(=O)CCCCC/C=C\C=C/CCCCCCCCC)OC(=O)CCC/C=C\C/C=C\C/C=C\CCCCCCCC. The molecule has 1 unspecified atom stereocenters. The van der Waals surface area contributed by atoms with Crippen LogP contribution in [0.2, 0.25) is 0 Å². The minimum atomic E-state index is -0.816. The molecule has 0 aliphatic rings. The first-order valence-corrected chi connectivity index (χ1v) is 29.6. The van der Waals surface area contributed by atoms with E-state index in [1.54, 1.807) is 0 Å².